The van der Waals surface area contributed by atoms with E-state index >= 15 is 0 Å². The van der Waals surface area contributed by atoms with Crippen molar-refractivity contribution in [3.8, 4) is 0 Å². The van der Waals surface area contributed by atoms with Crippen molar-refractivity contribution in [2.75, 3.05) is 0 Å². The molecule has 0 rings (SSSR count). The van der Waals surface area contributed by atoms with Gasteiger partial charge in [-0.05, 0) is 13.8 Å². The third-order valence-electron chi connectivity index (χ3n) is 1.69. The second-order valence-corrected chi connectivity index (χ2v) is 2.95. The molecule has 0 fully saturated rings. The largest absolute Gasteiger partial charge is 0.391 e. The Balaban J connectivity index is 4.08. The highest BCUT2D eigenvalue weighted by Gasteiger charge is 2.30. The van der Waals surface area contributed by atoms with Gasteiger partial charge in [0.15, 0.2) is 0 Å². The molecule has 0 aliphatic heterocycles. The molecule has 5 N–H and O–H groups in total. The van der Waals surface area contributed by atoms with Gasteiger partial charge in [-0.2, -0.15) is 0 Å². The number of aliphatic hydroxyl groups is 5. The summed E-state index contributed by atoms with van der Waals surface area (Å²) in [6.45, 7) is 2.56. The molecular weight excluding hydrogens is 164 g/mol. The molecule has 0 aromatic carbocycles. The van der Waals surface area contributed by atoms with Gasteiger partial charge >= 0.3 is 0 Å². The van der Waals surface area contributed by atoms with Crippen molar-refractivity contribution >= 4 is 0 Å². The summed E-state index contributed by atoms with van der Waals surface area (Å²) in [5, 5.41) is 44.8. The molecule has 74 valence electrons. The topological polar surface area (TPSA) is 101 Å². The third-order valence-corrected chi connectivity index (χ3v) is 1.69. The van der Waals surface area contributed by atoms with E-state index in [-0.39, 0.29) is 0 Å². The molecule has 5 atom stereocenters. The summed E-state index contributed by atoms with van der Waals surface area (Å²) in [6, 6.07) is 0. The Labute approximate surface area is 70.9 Å². The van der Waals surface area contributed by atoms with Crippen LogP contribution in [-0.2, 0) is 0 Å². The van der Waals surface area contributed by atoms with Gasteiger partial charge in [0.2, 0.25) is 0 Å². The molecule has 0 radical (unpaired) electrons. The first-order valence-corrected chi connectivity index (χ1v) is 3.78. The fourth-order valence-corrected chi connectivity index (χ4v) is 0.773. The first-order chi connectivity index (χ1) is 5.37. The maximum atomic E-state index is 9.11. The highest BCUT2D eigenvalue weighted by molar-refractivity contribution is 4.81. The fraction of sp³-hybridized carbons (Fsp3) is 1.00. The Hall–Kier alpha value is -0.200. The van der Waals surface area contributed by atoms with Crippen LogP contribution < -0.4 is 0 Å². The van der Waals surface area contributed by atoms with E-state index in [0.29, 0.717) is 0 Å². The molecule has 0 aliphatic rings. The van der Waals surface area contributed by atoms with Crippen molar-refractivity contribution < 1.29 is 25.5 Å². The van der Waals surface area contributed by atoms with E-state index in [1.807, 2.05) is 0 Å². The lowest BCUT2D eigenvalue weighted by atomic mass is 10.0. The summed E-state index contributed by atoms with van der Waals surface area (Å²) in [7, 11) is 0. The maximum absolute atomic E-state index is 9.11. The average molecular weight is 180 g/mol. The molecule has 5 heteroatoms. The molecule has 0 aromatic heterocycles. The smallest absolute Gasteiger partial charge is 0.111 e. The predicted octanol–water partition coefficient (Wildman–Crippen LogP) is -2.17. The zero-order chi connectivity index (χ0) is 9.89. The molecule has 0 aliphatic carbocycles. The minimum absolute atomic E-state index is 1.15. The number of hydrogen-bond acceptors (Lipinski definition) is 5. The van der Waals surface area contributed by atoms with E-state index in [4.69, 9.17) is 25.5 Å². The van der Waals surface area contributed by atoms with Gasteiger partial charge in [-0.3, -0.25) is 0 Å². The van der Waals surface area contributed by atoms with Crippen LogP contribution in [0.3, 0.4) is 0 Å². The average Bonchev–Trinajstić information content (AvgIpc) is 2.00. The van der Waals surface area contributed by atoms with Crippen LogP contribution in [0.1, 0.15) is 13.8 Å². The van der Waals surface area contributed by atoms with Crippen LogP contribution in [0.25, 0.3) is 0 Å². The van der Waals surface area contributed by atoms with Gasteiger partial charge in [0.05, 0.1) is 12.2 Å². The summed E-state index contributed by atoms with van der Waals surface area (Å²) in [6.07, 6.45) is -6.73. The minimum Gasteiger partial charge on any atom is -0.391 e. The van der Waals surface area contributed by atoms with Crippen molar-refractivity contribution in [1.82, 2.24) is 0 Å². The molecule has 0 amide bonds. The molecule has 0 heterocycles. The summed E-state index contributed by atoms with van der Waals surface area (Å²) >= 11 is 0. The van der Waals surface area contributed by atoms with Gasteiger partial charge in [-0.15, -0.1) is 0 Å². The first-order valence-electron chi connectivity index (χ1n) is 3.78. The molecule has 1 unspecified atom stereocenters. The quantitative estimate of drug-likeness (QED) is 0.339. The van der Waals surface area contributed by atoms with E-state index in [2.05, 4.69) is 0 Å². The molecule has 5 nitrogen and oxygen atoms in total. The molecular formula is C7H16O5. The zero-order valence-corrected chi connectivity index (χ0v) is 7.12. The Kier molecular flexibility index (Phi) is 4.66. The van der Waals surface area contributed by atoms with Crippen LogP contribution >= 0.6 is 0 Å². The van der Waals surface area contributed by atoms with Crippen LogP contribution in [0.15, 0.2) is 0 Å². The normalized spacial score (nSPS) is 24.2. The second-order valence-electron chi connectivity index (χ2n) is 2.95. The maximum Gasteiger partial charge on any atom is 0.111 e. The van der Waals surface area contributed by atoms with Crippen molar-refractivity contribution in [3.05, 3.63) is 0 Å². The highest BCUT2D eigenvalue weighted by atomic mass is 16.4. The Morgan fingerprint density at radius 2 is 0.833 bits per heavy atom. The molecule has 0 saturated carbocycles. The standard InChI is InChI=1S/C7H16O5/c1-3(8)5(10)7(12)6(11)4(2)9/h3-12H,1-2H3/t3-,4+,5-,6+,7?. The van der Waals surface area contributed by atoms with Gasteiger partial charge in [-0.25, -0.2) is 0 Å². The first kappa shape index (κ1) is 11.8. The molecule has 0 spiro atoms. The highest BCUT2D eigenvalue weighted by Crippen LogP contribution is 2.07. The number of aliphatic hydroxyl groups excluding tert-OH is 5. The van der Waals surface area contributed by atoms with E-state index in [1.54, 1.807) is 0 Å². The third kappa shape index (κ3) is 3.04. The van der Waals surface area contributed by atoms with Gasteiger partial charge < -0.3 is 25.5 Å². The summed E-state index contributed by atoms with van der Waals surface area (Å²) < 4.78 is 0. The van der Waals surface area contributed by atoms with Crippen LogP contribution in [0.4, 0.5) is 0 Å². The predicted molar refractivity (Wildman–Crippen MR) is 41.4 cm³/mol. The second kappa shape index (κ2) is 4.74. The molecule has 0 saturated heterocycles. The molecule has 0 aromatic rings. The van der Waals surface area contributed by atoms with E-state index in [0.717, 1.165) is 0 Å². The van der Waals surface area contributed by atoms with Crippen LogP contribution in [0.5, 0.6) is 0 Å². The summed E-state index contributed by atoms with van der Waals surface area (Å²) in [5.74, 6) is 0. The summed E-state index contributed by atoms with van der Waals surface area (Å²) in [5.41, 5.74) is 0. The van der Waals surface area contributed by atoms with Crippen molar-refractivity contribution in [1.29, 1.82) is 0 Å². The monoisotopic (exact) mass is 180 g/mol. The van der Waals surface area contributed by atoms with Crippen LogP contribution in [0.2, 0.25) is 0 Å². The lowest BCUT2D eigenvalue weighted by Gasteiger charge is -2.26. The number of hydrogen-bond donors (Lipinski definition) is 5. The minimum atomic E-state index is -1.54. The SMILES string of the molecule is C[C@H](O)[C@H](O)C(O)[C@H](O)[C@@H](C)O. The number of rotatable bonds is 4. The van der Waals surface area contributed by atoms with Gasteiger partial charge in [0, 0.05) is 0 Å². The lowest BCUT2D eigenvalue weighted by molar-refractivity contribution is -0.127. The van der Waals surface area contributed by atoms with Crippen molar-refractivity contribution in [2.24, 2.45) is 0 Å². The van der Waals surface area contributed by atoms with Gasteiger partial charge in [0.1, 0.15) is 18.3 Å². The van der Waals surface area contributed by atoms with Crippen molar-refractivity contribution in [2.45, 2.75) is 44.4 Å². The molecule has 12 heavy (non-hydrogen) atoms. The molecule has 0 bridgehead atoms. The Bertz CT molecular complexity index is 111. The summed E-state index contributed by atoms with van der Waals surface area (Å²) in [4.78, 5) is 0. The Morgan fingerprint density at radius 1 is 0.583 bits per heavy atom. The lowest BCUT2D eigenvalue weighted by Crippen LogP contribution is -2.47. The van der Waals surface area contributed by atoms with E-state index in [1.165, 1.54) is 13.8 Å². The van der Waals surface area contributed by atoms with E-state index in [9.17, 15) is 0 Å². The van der Waals surface area contributed by atoms with Crippen LogP contribution in [-0.4, -0.2) is 56.1 Å². The fourth-order valence-electron chi connectivity index (χ4n) is 0.773. The zero-order valence-electron chi connectivity index (χ0n) is 7.12. The van der Waals surface area contributed by atoms with Crippen molar-refractivity contribution in [3.63, 3.8) is 0 Å². The van der Waals surface area contributed by atoms with E-state index < -0.39 is 30.5 Å². The van der Waals surface area contributed by atoms with Gasteiger partial charge in [0.25, 0.3) is 0 Å². The van der Waals surface area contributed by atoms with Gasteiger partial charge in [-0.1, -0.05) is 0 Å². The van der Waals surface area contributed by atoms with Crippen LogP contribution in [0, 0.1) is 0 Å². The Morgan fingerprint density at radius 3 is 1.00 bits per heavy atom.